The van der Waals surface area contributed by atoms with E-state index in [2.05, 4.69) is 15.9 Å². The number of nitrogens with two attached hydrogens (primary N) is 1. The van der Waals surface area contributed by atoms with E-state index < -0.39 is 0 Å². The Bertz CT molecular complexity index is 586. The number of rotatable bonds is 5. The Balaban J connectivity index is 2.16. The maximum Gasteiger partial charge on any atom is 0.124 e. The highest BCUT2D eigenvalue weighted by molar-refractivity contribution is 9.10. The first-order valence-corrected chi connectivity index (χ1v) is 7.32. The lowest BCUT2D eigenvalue weighted by Crippen LogP contribution is -2.06. The fraction of sp³-hybridized carbons (Fsp3) is 0.200. The summed E-state index contributed by atoms with van der Waals surface area (Å²) in [6, 6.07) is 10.1. The third-order valence-corrected chi connectivity index (χ3v) is 3.60. The molecule has 0 saturated carbocycles. The fourth-order valence-electron chi connectivity index (χ4n) is 1.92. The van der Waals surface area contributed by atoms with Crippen LogP contribution in [0.5, 0.6) is 5.75 Å². The Morgan fingerprint density at radius 1 is 1.25 bits per heavy atom. The fourth-order valence-corrected chi connectivity index (χ4v) is 2.69. The molecule has 2 rings (SSSR count). The van der Waals surface area contributed by atoms with Crippen molar-refractivity contribution in [1.82, 2.24) is 0 Å². The molecule has 0 bridgehead atoms. The Morgan fingerprint density at radius 3 is 2.75 bits per heavy atom. The number of ether oxygens (including phenoxy) is 1. The van der Waals surface area contributed by atoms with Crippen molar-refractivity contribution >= 4 is 27.5 Å². The van der Waals surface area contributed by atoms with Crippen LogP contribution in [0.2, 0.25) is 5.02 Å². The summed E-state index contributed by atoms with van der Waals surface area (Å²) in [4.78, 5) is 0. The van der Waals surface area contributed by atoms with E-state index in [1.165, 1.54) is 12.1 Å². The molecule has 2 aromatic rings. The molecule has 0 unspecified atom stereocenters. The lowest BCUT2D eigenvalue weighted by molar-refractivity contribution is 0.302. The predicted octanol–water partition coefficient (Wildman–Crippen LogP) is 4.32. The average Bonchev–Trinajstić information content (AvgIpc) is 2.38. The second-order valence-electron chi connectivity index (χ2n) is 4.32. The highest BCUT2D eigenvalue weighted by atomic mass is 79.9. The zero-order valence-electron chi connectivity index (χ0n) is 10.7. The third-order valence-electron chi connectivity index (χ3n) is 2.79. The van der Waals surface area contributed by atoms with Gasteiger partial charge in [0, 0.05) is 15.1 Å². The molecule has 0 radical (unpaired) electrons. The number of benzene rings is 2. The number of hydrogen-bond acceptors (Lipinski definition) is 2. The molecule has 2 aromatic carbocycles. The van der Waals surface area contributed by atoms with Gasteiger partial charge in [0.1, 0.15) is 18.2 Å². The Labute approximate surface area is 130 Å². The van der Waals surface area contributed by atoms with Gasteiger partial charge < -0.3 is 10.5 Å². The molecule has 0 heterocycles. The molecule has 0 aliphatic carbocycles. The minimum absolute atomic E-state index is 0.272. The van der Waals surface area contributed by atoms with E-state index in [0.29, 0.717) is 28.2 Å². The molecule has 0 aliphatic heterocycles. The lowest BCUT2D eigenvalue weighted by atomic mass is 10.1. The molecule has 2 nitrogen and oxygen atoms in total. The van der Waals surface area contributed by atoms with Gasteiger partial charge >= 0.3 is 0 Å². The van der Waals surface area contributed by atoms with Gasteiger partial charge in [0.25, 0.3) is 0 Å². The van der Waals surface area contributed by atoms with Gasteiger partial charge in [-0.05, 0) is 48.9 Å². The average molecular weight is 359 g/mol. The molecule has 0 amide bonds. The van der Waals surface area contributed by atoms with E-state index in [1.807, 2.05) is 18.2 Å². The van der Waals surface area contributed by atoms with Crippen molar-refractivity contribution < 1.29 is 9.13 Å². The third kappa shape index (κ3) is 3.95. The summed E-state index contributed by atoms with van der Waals surface area (Å²) in [5.41, 5.74) is 7.20. The first kappa shape index (κ1) is 15.3. The van der Waals surface area contributed by atoms with Gasteiger partial charge in [-0.3, -0.25) is 0 Å². The summed E-state index contributed by atoms with van der Waals surface area (Å²) in [6.07, 6.45) is 0.641. The number of halogens is 3. The molecule has 0 atom stereocenters. The Hall–Kier alpha value is -1.10. The molecule has 0 spiro atoms. The van der Waals surface area contributed by atoms with E-state index in [9.17, 15) is 4.39 Å². The van der Waals surface area contributed by atoms with E-state index in [-0.39, 0.29) is 12.4 Å². The summed E-state index contributed by atoms with van der Waals surface area (Å²) in [6.45, 7) is 0.764. The number of hydrogen-bond donors (Lipinski definition) is 1. The molecular formula is C15H14BrClFNO. The van der Waals surface area contributed by atoms with Gasteiger partial charge in [0.15, 0.2) is 0 Å². The molecule has 20 heavy (non-hydrogen) atoms. The maximum absolute atomic E-state index is 13.3. The second kappa shape index (κ2) is 7.07. The normalized spacial score (nSPS) is 10.6. The quantitative estimate of drug-likeness (QED) is 0.864. The molecule has 0 fully saturated rings. The van der Waals surface area contributed by atoms with Crippen molar-refractivity contribution in [2.45, 2.75) is 13.0 Å². The summed E-state index contributed by atoms with van der Waals surface area (Å²) in [7, 11) is 0. The minimum atomic E-state index is -0.300. The van der Waals surface area contributed by atoms with Crippen molar-refractivity contribution in [2.24, 2.45) is 5.73 Å². The standard InChI is InChI=1S/C15H14BrClFNO/c16-11-6-10(7-12(18)8-11)9-20-15-3-1-2-14(17)13(15)4-5-19/h1-3,6-8H,4-5,9,19H2. The van der Waals surface area contributed by atoms with Crippen LogP contribution in [0.25, 0.3) is 0 Å². The molecule has 0 saturated heterocycles. The first-order chi connectivity index (χ1) is 9.60. The monoisotopic (exact) mass is 357 g/mol. The summed E-state index contributed by atoms with van der Waals surface area (Å²) in [5.74, 6) is 0.384. The minimum Gasteiger partial charge on any atom is -0.489 e. The van der Waals surface area contributed by atoms with Crippen molar-refractivity contribution in [1.29, 1.82) is 0 Å². The molecule has 0 aromatic heterocycles. The molecule has 106 valence electrons. The van der Waals surface area contributed by atoms with Gasteiger partial charge in [0.05, 0.1) is 0 Å². The van der Waals surface area contributed by atoms with Gasteiger partial charge in [0.2, 0.25) is 0 Å². The first-order valence-electron chi connectivity index (χ1n) is 6.15. The Kier molecular flexibility index (Phi) is 5.40. The van der Waals surface area contributed by atoms with Crippen LogP contribution in [0.1, 0.15) is 11.1 Å². The highest BCUT2D eigenvalue weighted by Crippen LogP contribution is 2.27. The van der Waals surface area contributed by atoms with Crippen LogP contribution in [0.3, 0.4) is 0 Å². The van der Waals surface area contributed by atoms with E-state index >= 15 is 0 Å². The van der Waals surface area contributed by atoms with Crippen molar-refractivity contribution in [2.75, 3.05) is 6.54 Å². The largest absolute Gasteiger partial charge is 0.489 e. The van der Waals surface area contributed by atoms with Gasteiger partial charge in [-0.15, -0.1) is 0 Å². The van der Waals surface area contributed by atoms with Crippen LogP contribution < -0.4 is 10.5 Å². The zero-order chi connectivity index (χ0) is 14.5. The molecule has 2 N–H and O–H groups in total. The molecular weight excluding hydrogens is 345 g/mol. The summed E-state index contributed by atoms with van der Waals surface area (Å²) in [5, 5.41) is 0.633. The SMILES string of the molecule is NCCc1c(Cl)cccc1OCc1cc(F)cc(Br)c1. The topological polar surface area (TPSA) is 35.2 Å². The smallest absolute Gasteiger partial charge is 0.124 e. The van der Waals surface area contributed by atoms with Crippen molar-refractivity contribution in [3.8, 4) is 5.75 Å². The molecule has 5 heteroatoms. The van der Waals surface area contributed by atoms with Gasteiger partial charge in [-0.2, -0.15) is 0 Å². The predicted molar refractivity (Wildman–Crippen MR) is 82.6 cm³/mol. The van der Waals surface area contributed by atoms with E-state index in [1.54, 1.807) is 6.07 Å². The molecule has 0 aliphatic rings. The van der Waals surface area contributed by atoms with E-state index in [0.717, 1.165) is 11.1 Å². The van der Waals surface area contributed by atoms with E-state index in [4.69, 9.17) is 22.1 Å². The highest BCUT2D eigenvalue weighted by Gasteiger charge is 2.08. The maximum atomic E-state index is 13.3. The summed E-state index contributed by atoms with van der Waals surface area (Å²) >= 11 is 9.39. The van der Waals surface area contributed by atoms with Crippen LogP contribution in [-0.4, -0.2) is 6.54 Å². The lowest BCUT2D eigenvalue weighted by Gasteiger charge is -2.12. The Morgan fingerprint density at radius 2 is 2.05 bits per heavy atom. The van der Waals surface area contributed by atoms with Crippen LogP contribution in [0, 0.1) is 5.82 Å². The van der Waals surface area contributed by atoms with Crippen LogP contribution in [-0.2, 0) is 13.0 Å². The van der Waals surface area contributed by atoms with Gasteiger partial charge in [-0.25, -0.2) is 4.39 Å². The van der Waals surface area contributed by atoms with Crippen LogP contribution in [0.4, 0.5) is 4.39 Å². The van der Waals surface area contributed by atoms with Crippen LogP contribution in [0.15, 0.2) is 40.9 Å². The zero-order valence-corrected chi connectivity index (χ0v) is 13.0. The second-order valence-corrected chi connectivity index (χ2v) is 5.64. The van der Waals surface area contributed by atoms with Crippen molar-refractivity contribution in [3.63, 3.8) is 0 Å². The summed E-state index contributed by atoms with van der Waals surface area (Å²) < 4.78 is 19.7. The van der Waals surface area contributed by atoms with Crippen LogP contribution >= 0.6 is 27.5 Å². The van der Waals surface area contributed by atoms with Crippen molar-refractivity contribution in [3.05, 3.63) is 62.8 Å². The van der Waals surface area contributed by atoms with Gasteiger partial charge in [-0.1, -0.05) is 33.6 Å².